The molecule has 0 aliphatic rings. The van der Waals surface area contributed by atoms with Crippen LogP contribution in [-0.2, 0) is 14.4 Å². The molecule has 4 heteroatoms. The lowest BCUT2D eigenvalue weighted by molar-refractivity contribution is -0.137. The Bertz CT molecular complexity index is 637. The number of carbonyl (C=O) groups excluding carboxylic acids is 2. The number of Topliss-reactive ketones (excluding diaryl/α,β-unsaturated/α-hetero) is 1. The summed E-state index contributed by atoms with van der Waals surface area (Å²) in [6.07, 6.45) is 39.1. The molecule has 0 saturated carbocycles. The van der Waals surface area contributed by atoms with Crippen molar-refractivity contribution in [2.24, 2.45) is 5.92 Å². The summed E-state index contributed by atoms with van der Waals surface area (Å²) in [4.78, 5) is 34.1. The number of allylic oxidation sites excluding steroid dienone is 4. The molecule has 0 rings (SSSR count). The van der Waals surface area contributed by atoms with E-state index in [2.05, 4.69) is 31.2 Å². The van der Waals surface area contributed by atoms with Crippen molar-refractivity contribution in [2.75, 3.05) is 0 Å². The highest BCUT2D eigenvalue weighted by atomic mass is 16.4. The third-order valence-corrected chi connectivity index (χ3v) is 7.90. The van der Waals surface area contributed by atoms with Gasteiger partial charge in [-0.05, 0) is 64.2 Å². The number of unbranched alkanes of at least 4 members (excludes halogenated alkanes) is 18. The minimum atomic E-state index is -0.691. The van der Waals surface area contributed by atoms with Crippen LogP contribution in [0.25, 0.3) is 0 Å². The average molecular weight is 561 g/mol. The first-order valence-corrected chi connectivity index (χ1v) is 17.1. The SMILES string of the molecule is CCCCCC=CCC=CCCCCCCCC(=O)C(CCCCCC=O)CCCCCCCCCCC(=O)O. The summed E-state index contributed by atoms with van der Waals surface area (Å²) in [6.45, 7) is 2.25. The van der Waals surface area contributed by atoms with E-state index in [1.807, 2.05) is 0 Å². The second-order valence-electron chi connectivity index (χ2n) is 11.7. The molecule has 0 heterocycles. The molecule has 1 N–H and O–H groups in total. The van der Waals surface area contributed by atoms with Gasteiger partial charge in [0.05, 0.1) is 0 Å². The summed E-state index contributed by atoms with van der Waals surface area (Å²) in [5.74, 6) is -0.0131. The van der Waals surface area contributed by atoms with E-state index in [4.69, 9.17) is 5.11 Å². The smallest absolute Gasteiger partial charge is 0.303 e. The minimum Gasteiger partial charge on any atom is -0.481 e. The van der Waals surface area contributed by atoms with Gasteiger partial charge in [0.2, 0.25) is 0 Å². The fourth-order valence-corrected chi connectivity index (χ4v) is 5.30. The number of hydrogen-bond donors (Lipinski definition) is 1. The van der Waals surface area contributed by atoms with E-state index in [1.54, 1.807) is 0 Å². The summed E-state index contributed by atoms with van der Waals surface area (Å²) >= 11 is 0. The quantitative estimate of drug-likeness (QED) is 0.0504. The third kappa shape index (κ3) is 29.3. The van der Waals surface area contributed by atoms with E-state index in [1.165, 1.54) is 77.0 Å². The summed E-state index contributed by atoms with van der Waals surface area (Å²) < 4.78 is 0. The molecule has 0 aliphatic carbocycles. The highest BCUT2D eigenvalue weighted by molar-refractivity contribution is 5.80. The van der Waals surface area contributed by atoms with Gasteiger partial charge >= 0.3 is 5.97 Å². The normalized spacial score (nSPS) is 12.4. The van der Waals surface area contributed by atoms with E-state index in [9.17, 15) is 14.4 Å². The second kappa shape index (κ2) is 31.8. The molecule has 232 valence electrons. The van der Waals surface area contributed by atoms with E-state index in [-0.39, 0.29) is 5.92 Å². The van der Waals surface area contributed by atoms with Gasteiger partial charge in [-0.1, -0.05) is 121 Å². The van der Waals surface area contributed by atoms with Crippen molar-refractivity contribution in [3.8, 4) is 0 Å². The van der Waals surface area contributed by atoms with Crippen LogP contribution in [0, 0.1) is 5.92 Å². The van der Waals surface area contributed by atoms with Crippen LogP contribution < -0.4 is 0 Å². The number of aldehydes is 1. The molecular formula is C36H64O4. The van der Waals surface area contributed by atoms with Gasteiger partial charge < -0.3 is 9.90 Å². The highest BCUT2D eigenvalue weighted by Crippen LogP contribution is 2.22. The monoisotopic (exact) mass is 560 g/mol. The van der Waals surface area contributed by atoms with Crippen LogP contribution in [-0.4, -0.2) is 23.1 Å². The molecule has 0 amide bonds. The van der Waals surface area contributed by atoms with Crippen LogP contribution in [0.15, 0.2) is 24.3 Å². The van der Waals surface area contributed by atoms with Crippen molar-refractivity contribution < 1.29 is 19.5 Å². The van der Waals surface area contributed by atoms with E-state index < -0.39 is 5.97 Å². The Labute approximate surface area is 247 Å². The molecule has 0 saturated heterocycles. The fourth-order valence-electron chi connectivity index (χ4n) is 5.30. The van der Waals surface area contributed by atoms with Crippen LogP contribution in [0.4, 0.5) is 0 Å². The molecule has 1 unspecified atom stereocenters. The summed E-state index contributed by atoms with van der Waals surface area (Å²) in [7, 11) is 0. The van der Waals surface area contributed by atoms with Gasteiger partial charge in [-0.3, -0.25) is 9.59 Å². The van der Waals surface area contributed by atoms with Crippen molar-refractivity contribution >= 4 is 18.0 Å². The van der Waals surface area contributed by atoms with Gasteiger partial charge in [0.25, 0.3) is 0 Å². The Kier molecular flexibility index (Phi) is 30.5. The molecule has 0 aromatic rings. The Morgan fingerprint density at radius 3 is 1.55 bits per heavy atom. The topological polar surface area (TPSA) is 71.4 Å². The molecule has 0 aliphatic heterocycles. The first-order chi connectivity index (χ1) is 19.6. The summed E-state index contributed by atoms with van der Waals surface area (Å²) in [6, 6.07) is 0. The maximum atomic E-state index is 13.0. The lowest BCUT2D eigenvalue weighted by Crippen LogP contribution is -2.14. The largest absolute Gasteiger partial charge is 0.481 e. The van der Waals surface area contributed by atoms with Crippen LogP contribution in [0.1, 0.15) is 180 Å². The van der Waals surface area contributed by atoms with E-state index >= 15 is 0 Å². The van der Waals surface area contributed by atoms with Gasteiger partial charge in [-0.25, -0.2) is 0 Å². The molecule has 0 spiro atoms. The molecule has 0 aromatic carbocycles. The fraction of sp³-hybridized carbons (Fsp3) is 0.806. The van der Waals surface area contributed by atoms with Crippen molar-refractivity contribution in [3.63, 3.8) is 0 Å². The Hall–Kier alpha value is -1.71. The van der Waals surface area contributed by atoms with Gasteiger partial charge in [0.1, 0.15) is 12.1 Å². The van der Waals surface area contributed by atoms with Crippen molar-refractivity contribution in [1.29, 1.82) is 0 Å². The summed E-state index contributed by atoms with van der Waals surface area (Å²) in [5.41, 5.74) is 0. The van der Waals surface area contributed by atoms with Crippen molar-refractivity contribution in [2.45, 2.75) is 180 Å². The molecular weight excluding hydrogens is 496 g/mol. The lowest BCUT2D eigenvalue weighted by Gasteiger charge is -2.16. The molecule has 4 nitrogen and oxygen atoms in total. The lowest BCUT2D eigenvalue weighted by atomic mass is 9.88. The molecule has 0 bridgehead atoms. The van der Waals surface area contributed by atoms with Gasteiger partial charge in [-0.15, -0.1) is 0 Å². The first kappa shape index (κ1) is 38.3. The number of aliphatic carboxylic acids is 1. The molecule has 0 aromatic heterocycles. The Morgan fingerprint density at radius 1 is 0.550 bits per heavy atom. The van der Waals surface area contributed by atoms with Gasteiger partial charge in [0.15, 0.2) is 0 Å². The van der Waals surface area contributed by atoms with Crippen molar-refractivity contribution in [3.05, 3.63) is 24.3 Å². The number of carbonyl (C=O) groups is 3. The van der Waals surface area contributed by atoms with Crippen LogP contribution in [0.2, 0.25) is 0 Å². The molecule has 1 atom stereocenters. The van der Waals surface area contributed by atoms with Crippen molar-refractivity contribution in [1.82, 2.24) is 0 Å². The predicted octanol–water partition coefficient (Wildman–Crippen LogP) is 11.1. The average Bonchev–Trinajstić information content (AvgIpc) is 2.94. The van der Waals surface area contributed by atoms with Crippen LogP contribution in [0.3, 0.4) is 0 Å². The Balaban J connectivity index is 3.97. The zero-order valence-corrected chi connectivity index (χ0v) is 26.2. The predicted molar refractivity (Wildman–Crippen MR) is 171 cm³/mol. The maximum Gasteiger partial charge on any atom is 0.303 e. The molecule has 40 heavy (non-hydrogen) atoms. The maximum absolute atomic E-state index is 13.0. The second-order valence-corrected chi connectivity index (χ2v) is 11.7. The minimum absolute atomic E-state index is 0.207. The van der Waals surface area contributed by atoms with Crippen LogP contribution in [0.5, 0.6) is 0 Å². The Morgan fingerprint density at radius 2 is 1.00 bits per heavy atom. The number of carboxylic acids is 1. The van der Waals surface area contributed by atoms with E-state index in [0.717, 1.165) is 89.8 Å². The highest BCUT2D eigenvalue weighted by Gasteiger charge is 2.17. The molecule has 0 radical (unpaired) electrons. The third-order valence-electron chi connectivity index (χ3n) is 7.90. The van der Waals surface area contributed by atoms with Crippen LogP contribution >= 0.6 is 0 Å². The zero-order chi connectivity index (χ0) is 29.4. The zero-order valence-electron chi connectivity index (χ0n) is 26.2. The number of rotatable bonds is 32. The van der Waals surface area contributed by atoms with Gasteiger partial charge in [0, 0.05) is 25.2 Å². The standard InChI is InChI=1S/C36H64O4/c1-2-3-4-5-6-7-8-9-10-11-12-13-17-20-26-31-35(38)34(30-25-22-23-28-33-37)29-24-19-16-14-15-18-21-27-32-36(39)40/h6-7,9-10,33-34H,2-5,8,11-32H2,1H3,(H,39,40). The summed E-state index contributed by atoms with van der Waals surface area (Å²) in [5, 5.41) is 8.70. The number of ketones is 1. The number of carboxylic acid groups (broad SMARTS) is 1. The van der Waals surface area contributed by atoms with E-state index in [0.29, 0.717) is 18.6 Å². The van der Waals surface area contributed by atoms with Gasteiger partial charge in [-0.2, -0.15) is 0 Å². The number of hydrogen-bond acceptors (Lipinski definition) is 3. The molecule has 0 fully saturated rings. The first-order valence-electron chi connectivity index (χ1n) is 17.1.